The Morgan fingerprint density at radius 3 is 2.50 bits per heavy atom. The third kappa shape index (κ3) is 4.01. The highest BCUT2D eigenvalue weighted by Gasteiger charge is 2.30. The van der Waals surface area contributed by atoms with Crippen LogP contribution in [0.25, 0.3) is 0 Å². The highest BCUT2D eigenvalue weighted by molar-refractivity contribution is 5.77. The Balaban J connectivity index is 1.82. The maximum Gasteiger partial charge on any atom is 0.416 e. The fraction of sp³-hybridized carbons (Fsp3) is 0.389. The Labute approximate surface area is 149 Å². The van der Waals surface area contributed by atoms with Gasteiger partial charge in [-0.2, -0.15) is 13.2 Å². The smallest absolute Gasteiger partial charge is 0.341 e. The van der Waals surface area contributed by atoms with Crippen LogP contribution in [0, 0.1) is 0 Å². The first-order valence-corrected chi connectivity index (χ1v) is 8.28. The summed E-state index contributed by atoms with van der Waals surface area (Å²) < 4.78 is 38.1. The summed E-state index contributed by atoms with van der Waals surface area (Å²) in [5, 5.41) is 6.00. The molecule has 3 unspecified atom stereocenters. The van der Waals surface area contributed by atoms with E-state index >= 15 is 0 Å². The average Bonchev–Trinajstić information content (AvgIpc) is 2.60. The number of halogens is 3. The van der Waals surface area contributed by atoms with E-state index in [9.17, 15) is 18.0 Å². The lowest BCUT2D eigenvalue weighted by Crippen LogP contribution is -2.51. The number of hydrogen-bond donors (Lipinski definition) is 2. The van der Waals surface area contributed by atoms with Gasteiger partial charge in [-0.05, 0) is 24.6 Å². The fourth-order valence-electron chi connectivity index (χ4n) is 2.98. The molecule has 5 nitrogen and oxygen atoms in total. The van der Waals surface area contributed by atoms with Gasteiger partial charge in [0, 0.05) is 18.5 Å². The average molecular weight is 364 g/mol. The highest BCUT2D eigenvalue weighted by Crippen LogP contribution is 2.31. The Kier molecular flexibility index (Phi) is 4.95. The molecule has 1 fully saturated rings. The first kappa shape index (κ1) is 18.3. The van der Waals surface area contributed by atoms with Crippen molar-refractivity contribution in [3.63, 3.8) is 0 Å². The lowest BCUT2D eigenvalue weighted by Gasteiger charge is -2.29. The molecule has 3 atom stereocenters. The summed E-state index contributed by atoms with van der Waals surface area (Å²) in [6.45, 7) is 3.70. The lowest BCUT2D eigenvalue weighted by molar-refractivity contribution is -0.137. The van der Waals surface area contributed by atoms with Gasteiger partial charge in [-0.3, -0.25) is 20.1 Å². The third-order valence-corrected chi connectivity index (χ3v) is 4.43. The van der Waals surface area contributed by atoms with Crippen molar-refractivity contribution < 1.29 is 18.0 Å². The molecule has 2 N–H and O–H groups in total. The van der Waals surface area contributed by atoms with Crippen LogP contribution in [0.3, 0.4) is 0 Å². The summed E-state index contributed by atoms with van der Waals surface area (Å²) in [6.07, 6.45) is -1.06. The standard InChI is InChI=1S/C18H19F3N4O/c1-10(12-3-5-13(6-4-12)18(19,20)21)15-8-22-9-16(25-15)14-7-17(26)24-11(2)23-14/h3-6,8-11,14,23H,7H2,1-2H3,(H,24,26). The second-order valence-electron chi connectivity index (χ2n) is 6.42. The second-order valence-corrected chi connectivity index (χ2v) is 6.42. The molecule has 0 bridgehead atoms. The summed E-state index contributed by atoms with van der Waals surface area (Å²) in [6, 6.07) is 4.80. The van der Waals surface area contributed by atoms with Crippen LogP contribution in [0.1, 0.15) is 54.7 Å². The van der Waals surface area contributed by atoms with Crippen molar-refractivity contribution >= 4 is 5.91 Å². The SMILES string of the molecule is CC1NC(=O)CC(c2cncc(C(C)c3ccc(C(F)(F)F)cc3)n2)N1. The van der Waals surface area contributed by atoms with E-state index in [-0.39, 0.29) is 30.5 Å². The van der Waals surface area contributed by atoms with E-state index in [1.807, 2.05) is 13.8 Å². The fourth-order valence-corrected chi connectivity index (χ4v) is 2.98. The lowest BCUT2D eigenvalue weighted by atomic mass is 9.96. The third-order valence-electron chi connectivity index (χ3n) is 4.43. The molecule has 0 spiro atoms. The van der Waals surface area contributed by atoms with Gasteiger partial charge >= 0.3 is 6.18 Å². The molecule has 2 aromatic rings. The van der Waals surface area contributed by atoms with Crippen molar-refractivity contribution in [3.8, 4) is 0 Å². The number of nitrogens with one attached hydrogen (secondary N) is 2. The van der Waals surface area contributed by atoms with Gasteiger partial charge in [0.15, 0.2) is 0 Å². The number of benzene rings is 1. The molecule has 138 valence electrons. The zero-order valence-electron chi connectivity index (χ0n) is 14.3. The molecule has 26 heavy (non-hydrogen) atoms. The van der Waals surface area contributed by atoms with Gasteiger partial charge < -0.3 is 5.32 Å². The topological polar surface area (TPSA) is 66.9 Å². The Morgan fingerprint density at radius 2 is 1.88 bits per heavy atom. The largest absolute Gasteiger partial charge is 0.416 e. The second kappa shape index (κ2) is 7.03. The quantitative estimate of drug-likeness (QED) is 0.878. The van der Waals surface area contributed by atoms with E-state index in [4.69, 9.17) is 0 Å². The monoisotopic (exact) mass is 364 g/mol. The van der Waals surface area contributed by atoms with Gasteiger partial charge in [-0.1, -0.05) is 19.1 Å². The Morgan fingerprint density at radius 1 is 1.19 bits per heavy atom. The zero-order valence-corrected chi connectivity index (χ0v) is 14.3. The van der Waals surface area contributed by atoms with Crippen LogP contribution >= 0.6 is 0 Å². The van der Waals surface area contributed by atoms with Crippen molar-refractivity contribution in [2.45, 2.75) is 44.6 Å². The van der Waals surface area contributed by atoms with Gasteiger partial charge in [-0.15, -0.1) is 0 Å². The molecule has 1 saturated heterocycles. The van der Waals surface area contributed by atoms with Crippen molar-refractivity contribution in [1.29, 1.82) is 0 Å². The van der Waals surface area contributed by atoms with E-state index < -0.39 is 11.7 Å². The van der Waals surface area contributed by atoms with Crippen LogP contribution in [0.2, 0.25) is 0 Å². The maximum atomic E-state index is 12.7. The van der Waals surface area contributed by atoms with E-state index in [0.717, 1.165) is 12.1 Å². The highest BCUT2D eigenvalue weighted by atomic mass is 19.4. The minimum absolute atomic E-state index is 0.0655. The Bertz CT molecular complexity index is 792. The number of carbonyl (C=O) groups is 1. The van der Waals surface area contributed by atoms with Crippen molar-refractivity contribution in [1.82, 2.24) is 20.6 Å². The Hall–Kier alpha value is -2.48. The first-order valence-electron chi connectivity index (χ1n) is 8.28. The predicted molar refractivity (Wildman–Crippen MR) is 89.1 cm³/mol. The number of rotatable bonds is 3. The van der Waals surface area contributed by atoms with Gasteiger partial charge in [0.25, 0.3) is 0 Å². The number of carbonyl (C=O) groups excluding carboxylic acids is 1. The molecule has 0 radical (unpaired) electrons. The minimum atomic E-state index is -4.36. The van der Waals surface area contributed by atoms with E-state index in [2.05, 4.69) is 20.6 Å². The number of hydrogen-bond acceptors (Lipinski definition) is 4. The van der Waals surface area contributed by atoms with Crippen LogP contribution in [0.15, 0.2) is 36.7 Å². The summed E-state index contributed by atoms with van der Waals surface area (Å²) in [5.41, 5.74) is 1.32. The van der Waals surface area contributed by atoms with E-state index in [0.29, 0.717) is 17.0 Å². The van der Waals surface area contributed by atoms with Crippen LogP contribution in [-0.4, -0.2) is 22.0 Å². The van der Waals surface area contributed by atoms with Crippen LogP contribution < -0.4 is 10.6 Å². The zero-order chi connectivity index (χ0) is 18.9. The first-order chi connectivity index (χ1) is 12.2. The van der Waals surface area contributed by atoms with Crippen molar-refractivity contribution in [3.05, 3.63) is 59.2 Å². The molecular formula is C18H19F3N4O. The minimum Gasteiger partial charge on any atom is -0.341 e. The number of aromatic nitrogens is 2. The van der Waals surface area contributed by atoms with E-state index in [1.165, 1.54) is 12.1 Å². The van der Waals surface area contributed by atoms with Gasteiger partial charge in [0.2, 0.25) is 5.91 Å². The molecule has 1 aliphatic heterocycles. The number of alkyl halides is 3. The summed E-state index contributed by atoms with van der Waals surface area (Å²) >= 11 is 0. The summed E-state index contributed by atoms with van der Waals surface area (Å²) in [4.78, 5) is 20.5. The molecule has 1 aromatic heterocycles. The van der Waals surface area contributed by atoms with Crippen molar-refractivity contribution in [2.24, 2.45) is 0 Å². The molecule has 8 heteroatoms. The maximum absolute atomic E-state index is 12.7. The molecule has 1 aromatic carbocycles. The van der Waals surface area contributed by atoms with Crippen molar-refractivity contribution in [2.75, 3.05) is 0 Å². The van der Waals surface area contributed by atoms with Gasteiger partial charge in [0.1, 0.15) is 0 Å². The molecule has 0 saturated carbocycles. The normalized spacial score (nSPS) is 22.0. The van der Waals surface area contributed by atoms with Crippen LogP contribution in [0.5, 0.6) is 0 Å². The molecule has 0 aliphatic carbocycles. The molecule has 3 rings (SSSR count). The molecule has 2 heterocycles. The summed E-state index contributed by atoms with van der Waals surface area (Å²) in [5.74, 6) is -0.288. The van der Waals surface area contributed by atoms with Gasteiger partial charge in [-0.25, -0.2) is 0 Å². The number of amides is 1. The predicted octanol–water partition coefficient (Wildman–Crippen LogP) is 3.14. The van der Waals surface area contributed by atoms with E-state index in [1.54, 1.807) is 12.4 Å². The van der Waals surface area contributed by atoms with Crippen LogP contribution in [0.4, 0.5) is 13.2 Å². The van der Waals surface area contributed by atoms with Crippen LogP contribution in [-0.2, 0) is 11.0 Å². The summed E-state index contributed by atoms with van der Waals surface area (Å²) in [7, 11) is 0. The molecular weight excluding hydrogens is 345 g/mol. The van der Waals surface area contributed by atoms with Gasteiger partial charge in [0.05, 0.1) is 35.4 Å². The molecule has 1 aliphatic rings. The molecule has 1 amide bonds. The number of nitrogens with zero attached hydrogens (tertiary/aromatic N) is 2.